The molecule has 2 aromatic rings. The van der Waals surface area contributed by atoms with E-state index in [1.54, 1.807) is 48.5 Å². The van der Waals surface area contributed by atoms with Gasteiger partial charge < -0.3 is 20.6 Å². The van der Waals surface area contributed by atoms with Crippen LogP contribution in [0, 0.1) is 0 Å². The minimum atomic E-state index is -0.499. The summed E-state index contributed by atoms with van der Waals surface area (Å²) in [7, 11) is 1.27. The molecular weight excluding hydrogens is 350 g/mol. The lowest BCUT2D eigenvalue weighted by Crippen LogP contribution is -2.29. The van der Waals surface area contributed by atoms with Crippen LogP contribution in [0.15, 0.2) is 53.6 Å². The van der Waals surface area contributed by atoms with Crippen molar-refractivity contribution in [2.45, 2.75) is 0 Å². The smallest absolute Gasteiger partial charge is 0.343 e. The lowest BCUT2D eigenvalue weighted by Gasteiger charge is -2.07. The Morgan fingerprint density at radius 2 is 1.67 bits per heavy atom. The molecule has 8 heteroatoms. The highest BCUT2D eigenvalue weighted by Gasteiger charge is 2.10. The molecule has 0 aliphatic carbocycles. The maximum absolute atomic E-state index is 12.2. The molecule has 1 amide bonds. The Morgan fingerprint density at radius 3 is 2.26 bits per heavy atom. The average Bonchev–Trinajstić information content (AvgIpc) is 2.71. The van der Waals surface area contributed by atoms with Crippen molar-refractivity contribution in [1.29, 1.82) is 0 Å². The zero-order valence-electron chi connectivity index (χ0n) is 14.7. The number of nitrogens with one attached hydrogen (secondary N) is 1. The summed E-state index contributed by atoms with van der Waals surface area (Å²) in [5.41, 5.74) is 1.60. The van der Waals surface area contributed by atoms with E-state index in [2.05, 4.69) is 15.2 Å². The lowest BCUT2D eigenvalue weighted by molar-refractivity contribution is -0.142. The molecule has 0 aliphatic rings. The number of benzene rings is 2. The van der Waals surface area contributed by atoms with Crippen LogP contribution in [0.25, 0.3) is 0 Å². The van der Waals surface area contributed by atoms with Gasteiger partial charge in [-0.1, -0.05) is 12.1 Å². The van der Waals surface area contributed by atoms with Crippen LogP contribution >= 0.6 is 0 Å². The maximum atomic E-state index is 12.2. The quantitative estimate of drug-likeness (QED) is 0.237. The van der Waals surface area contributed by atoms with E-state index in [0.717, 1.165) is 5.56 Å². The molecular formula is C19H19N3O5. The Labute approximate surface area is 156 Å². The van der Waals surface area contributed by atoms with E-state index in [0.29, 0.717) is 16.9 Å². The first kappa shape index (κ1) is 19.6. The molecule has 0 radical (unpaired) electrons. The molecule has 2 rings (SSSR count). The van der Waals surface area contributed by atoms with Crippen molar-refractivity contribution in [3.63, 3.8) is 0 Å². The Balaban J connectivity index is 1.87. The van der Waals surface area contributed by atoms with Crippen molar-refractivity contribution in [3.8, 4) is 5.75 Å². The number of methoxy groups -OCH3 is 1. The number of rotatable bonds is 8. The van der Waals surface area contributed by atoms with Gasteiger partial charge in [0.05, 0.1) is 19.9 Å². The first-order valence-electron chi connectivity index (χ1n) is 7.98. The Bertz CT molecular complexity index is 829. The summed E-state index contributed by atoms with van der Waals surface area (Å²) in [4.78, 5) is 35.3. The van der Waals surface area contributed by atoms with Gasteiger partial charge in [0.1, 0.15) is 5.75 Å². The molecule has 8 nitrogen and oxygen atoms in total. The molecule has 0 spiro atoms. The summed E-state index contributed by atoms with van der Waals surface area (Å²) >= 11 is 0. The number of ether oxygens (including phenoxy) is 2. The second kappa shape index (κ2) is 9.71. The zero-order chi connectivity index (χ0) is 19.6. The van der Waals surface area contributed by atoms with E-state index in [4.69, 9.17) is 10.6 Å². The van der Waals surface area contributed by atoms with E-state index in [1.165, 1.54) is 13.3 Å². The standard InChI is InChI=1S/C19H19N3O5/c1-26-18(24)12-27-16-8-6-14(7-9-16)17(23)11-21-19(25)15-4-2-13(3-5-15)10-22-20/h2-10H,11-12,20H2,1H3,(H,21,25). The number of nitrogens with zero attached hydrogens (tertiary/aromatic N) is 1. The van der Waals surface area contributed by atoms with Crippen LogP contribution in [0.1, 0.15) is 26.3 Å². The number of hydrazone groups is 1. The zero-order valence-corrected chi connectivity index (χ0v) is 14.7. The van der Waals surface area contributed by atoms with E-state index >= 15 is 0 Å². The number of nitrogens with two attached hydrogens (primary N) is 1. The molecule has 0 fully saturated rings. The second-order valence-electron chi connectivity index (χ2n) is 5.40. The molecule has 0 unspecified atom stereocenters. The number of hydrogen-bond acceptors (Lipinski definition) is 7. The van der Waals surface area contributed by atoms with Gasteiger partial charge in [-0.3, -0.25) is 9.59 Å². The van der Waals surface area contributed by atoms with Crippen LogP contribution in [0.2, 0.25) is 0 Å². The summed E-state index contributed by atoms with van der Waals surface area (Å²) in [5, 5.41) is 5.97. The summed E-state index contributed by atoms with van der Waals surface area (Å²) in [6.45, 7) is -0.358. The minimum absolute atomic E-state index is 0.146. The molecule has 0 aliphatic heterocycles. The monoisotopic (exact) mass is 369 g/mol. The second-order valence-corrected chi connectivity index (χ2v) is 5.40. The minimum Gasteiger partial charge on any atom is -0.482 e. The van der Waals surface area contributed by atoms with Gasteiger partial charge in [0, 0.05) is 11.1 Å². The van der Waals surface area contributed by atoms with Crippen LogP contribution in [-0.4, -0.2) is 44.1 Å². The maximum Gasteiger partial charge on any atom is 0.343 e. The number of esters is 1. The molecule has 0 bridgehead atoms. The molecule has 140 valence electrons. The van der Waals surface area contributed by atoms with Crippen LogP contribution < -0.4 is 15.9 Å². The number of carbonyl (C=O) groups is 3. The molecule has 0 aromatic heterocycles. The van der Waals surface area contributed by atoms with Gasteiger partial charge in [-0.05, 0) is 42.0 Å². The highest BCUT2D eigenvalue weighted by atomic mass is 16.6. The van der Waals surface area contributed by atoms with E-state index in [9.17, 15) is 14.4 Å². The fraction of sp³-hybridized carbons (Fsp3) is 0.158. The van der Waals surface area contributed by atoms with Crippen molar-refractivity contribution >= 4 is 23.9 Å². The van der Waals surface area contributed by atoms with Crippen molar-refractivity contribution in [2.24, 2.45) is 10.9 Å². The first-order chi connectivity index (χ1) is 13.0. The Hall–Kier alpha value is -3.68. The van der Waals surface area contributed by atoms with Gasteiger partial charge in [-0.15, -0.1) is 0 Å². The molecule has 27 heavy (non-hydrogen) atoms. The van der Waals surface area contributed by atoms with Crippen LogP contribution in [0.3, 0.4) is 0 Å². The highest BCUT2D eigenvalue weighted by Crippen LogP contribution is 2.12. The lowest BCUT2D eigenvalue weighted by atomic mass is 10.1. The molecule has 0 saturated heterocycles. The first-order valence-corrected chi connectivity index (χ1v) is 7.98. The van der Waals surface area contributed by atoms with E-state index < -0.39 is 5.97 Å². The summed E-state index contributed by atoms with van der Waals surface area (Å²) < 4.78 is 9.68. The normalized spacial score (nSPS) is 10.4. The SMILES string of the molecule is COC(=O)COc1ccc(C(=O)CNC(=O)c2ccc(C=NN)cc2)cc1. The Kier molecular flexibility index (Phi) is 7.07. The molecule has 3 N–H and O–H groups in total. The Morgan fingerprint density at radius 1 is 1.04 bits per heavy atom. The van der Waals surface area contributed by atoms with Crippen molar-refractivity contribution in [3.05, 3.63) is 65.2 Å². The third-order valence-electron chi connectivity index (χ3n) is 3.57. The number of amides is 1. The predicted molar refractivity (Wildman–Crippen MR) is 98.8 cm³/mol. The largest absolute Gasteiger partial charge is 0.482 e. The van der Waals surface area contributed by atoms with E-state index in [-0.39, 0.29) is 24.8 Å². The average molecular weight is 369 g/mol. The predicted octanol–water partition coefficient (Wildman–Crippen LogP) is 1.14. The van der Waals surface area contributed by atoms with Crippen molar-refractivity contribution in [2.75, 3.05) is 20.3 Å². The summed E-state index contributed by atoms with van der Waals surface area (Å²) in [6.07, 6.45) is 1.46. The molecule has 0 saturated carbocycles. The molecule has 0 heterocycles. The number of ketones is 1. The number of Topliss-reactive ketones (excluding diaryl/α,β-unsaturated/α-hetero) is 1. The van der Waals surface area contributed by atoms with Gasteiger partial charge in [-0.25, -0.2) is 4.79 Å². The van der Waals surface area contributed by atoms with E-state index in [1.807, 2.05) is 0 Å². The highest BCUT2D eigenvalue weighted by molar-refractivity contribution is 6.02. The van der Waals surface area contributed by atoms with Crippen LogP contribution in [0.4, 0.5) is 0 Å². The number of hydrogen-bond donors (Lipinski definition) is 2. The fourth-order valence-electron chi connectivity index (χ4n) is 2.11. The summed E-state index contributed by atoms with van der Waals surface area (Å²) in [5.74, 6) is 4.38. The number of carbonyl (C=O) groups excluding carboxylic acids is 3. The third kappa shape index (κ3) is 5.96. The van der Waals surface area contributed by atoms with Crippen LogP contribution in [0.5, 0.6) is 5.75 Å². The summed E-state index contributed by atoms with van der Waals surface area (Å²) in [6, 6.07) is 12.9. The van der Waals surface area contributed by atoms with Gasteiger partial charge in [0.25, 0.3) is 5.91 Å². The molecule has 0 atom stereocenters. The van der Waals surface area contributed by atoms with Gasteiger partial charge >= 0.3 is 5.97 Å². The van der Waals surface area contributed by atoms with Crippen molar-refractivity contribution in [1.82, 2.24) is 5.32 Å². The van der Waals surface area contributed by atoms with Gasteiger partial charge in [0.15, 0.2) is 12.4 Å². The fourth-order valence-corrected chi connectivity index (χ4v) is 2.11. The topological polar surface area (TPSA) is 120 Å². The van der Waals surface area contributed by atoms with Crippen LogP contribution in [-0.2, 0) is 9.53 Å². The third-order valence-corrected chi connectivity index (χ3v) is 3.57. The molecule has 2 aromatic carbocycles. The van der Waals surface area contributed by atoms with Crippen molar-refractivity contribution < 1.29 is 23.9 Å². The van der Waals surface area contributed by atoms with Gasteiger partial charge in [-0.2, -0.15) is 5.10 Å². The van der Waals surface area contributed by atoms with Gasteiger partial charge in [0.2, 0.25) is 0 Å².